The third-order valence-corrected chi connectivity index (χ3v) is 2.22. The molecule has 0 atom stereocenters. The maximum atomic E-state index is 11.1. The minimum atomic E-state index is -0.599. The molecule has 0 radical (unpaired) electrons. The monoisotopic (exact) mass is 269 g/mol. The molecule has 8 heteroatoms. The zero-order valence-corrected chi connectivity index (χ0v) is 10.3. The normalized spacial score (nSPS) is 9.61. The van der Waals surface area contributed by atoms with Crippen LogP contribution in [0.25, 0.3) is 0 Å². The number of nitro benzene ring substituents is 1. The predicted octanol–water partition coefficient (Wildman–Crippen LogP) is 1.52. The number of benzene rings is 1. The molecule has 0 unspecified atom stereocenters. The van der Waals surface area contributed by atoms with E-state index in [0.29, 0.717) is 0 Å². The van der Waals surface area contributed by atoms with Crippen LogP contribution in [0.4, 0.5) is 11.4 Å². The molecular weight excluding hydrogens is 258 g/mol. The molecular formula is C10H11N3O4S. The lowest BCUT2D eigenvalue weighted by molar-refractivity contribution is -0.384. The summed E-state index contributed by atoms with van der Waals surface area (Å²) in [7, 11) is 0. The molecule has 0 aliphatic rings. The van der Waals surface area contributed by atoms with Crippen molar-refractivity contribution in [3.63, 3.8) is 0 Å². The molecule has 1 aromatic carbocycles. The van der Waals surface area contributed by atoms with Crippen LogP contribution < -0.4 is 10.6 Å². The fourth-order valence-corrected chi connectivity index (χ4v) is 1.33. The van der Waals surface area contributed by atoms with Crippen molar-refractivity contribution < 1.29 is 14.8 Å². The van der Waals surface area contributed by atoms with E-state index >= 15 is 0 Å². The number of hydrogen-bond acceptors (Lipinski definition) is 5. The molecule has 0 fully saturated rings. The van der Waals surface area contributed by atoms with Gasteiger partial charge in [0.1, 0.15) is 5.75 Å². The Morgan fingerprint density at radius 2 is 2.22 bits per heavy atom. The molecule has 3 N–H and O–H groups in total. The van der Waals surface area contributed by atoms with Crippen molar-refractivity contribution in [2.75, 3.05) is 5.32 Å². The molecule has 1 aromatic rings. The van der Waals surface area contributed by atoms with E-state index in [9.17, 15) is 20.0 Å². The number of hydrogen-bond donors (Lipinski definition) is 3. The van der Waals surface area contributed by atoms with Crippen molar-refractivity contribution in [3.05, 3.63) is 28.3 Å². The Balaban J connectivity index is 2.83. The first-order valence-corrected chi connectivity index (χ1v) is 5.43. The molecule has 0 aromatic heterocycles. The number of amides is 1. The van der Waals surface area contributed by atoms with Gasteiger partial charge in [-0.15, -0.1) is 0 Å². The quantitative estimate of drug-likeness (QED) is 0.332. The number of phenolic OH excluding ortho intramolecular Hbond substituents is 1. The van der Waals surface area contributed by atoms with Crippen LogP contribution in [0.1, 0.15) is 13.3 Å². The van der Waals surface area contributed by atoms with Gasteiger partial charge in [-0.2, -0.15) is 0 Å². The van der Waals surface area contributed by atoms with Crippen LogP contribution in [0.2, 0.25) is 0 Å². The molecule has 0 saturated carbocycles. The number of non-ortho nitro benzene ring substituents is 1. The van der Waals surface area contributed by atoms with Crippen LogP contribution in [0.5, 0.6) is 5.75 Å². The first-order valence-electron chi connectivity index (χ1n) is 5.02. The lowest BCUT2D eigenvalue weighted by atomic mass is 10.2. The Kier molecular flexibility index (Phi) is 4.55. The average Bonchev–Trinajstić information content (AvgIpc) is 2.31. The Hall–Kier alpha value is -2.22. The number of rotatable bonds is 3. The highest BCUT2D eigenvalue weighted by molar-refractivity contribution is 7.80. The van der Waals surface area contributed by atoms with Gasteiger partial charge in [-0.3, -0.25) is 14.9 Å². The Labute approximate surface area is 108 Å². The standard InChI is InChI=1S/C10H11N3O4S/c1-2-9(15)12-10(18)11-7-5-6(13(16)17)3-4-8(7)14/h3-5,14H,2H2,1H3,(H2,11,12,15,18). The maximum Gasteiger partial charge on any atom is 0.271 e. The van der Waals surface area contributed by atoms with Gasteiger partial charge >= 0.3 is 0 Å². The minimum Gasteiger partial charge on any atom is -0.506 e. The number of nitrogens with one attached hydrogen (secondary N) is 2. The van der Waals surface area contributed by atoms with Gasteiger partial charge < -0.3 is 15.7 Å². The Morgan fingerprint density at radius 3 is 2.78 bits per heavy atom. The van der Waals surface area contributed by atoms with Crippen LogP contribution in [0.3, 0.4) is 0 Å². The van der Waals surface area contributed by atoms with E-state index < -0.39 is 4.92 Å². The summed E-state index contributed by atoms with van der Waals surface area (Å²) in [4.78, 5) is 21.0. The summed E-state index contributed by atoms with van der Waals surface area (Å²) in [5, 5.41) is 24.9. The predicted molar refractivity (Wildman–Crippen MR) is 69.4 cm³/mol. The summed E-state index contributed by atoms with van der Waals surface area (Å²) < 4.78 is 0. The highest BCUT2D eigenvalue weighted by atomic mass is 32.1. The van der Waals surface area contributed by atoms with E-state index in [0.717, 1.165) is 12.1 Å². The van der Waals surface area contributed by atoms with E-state index in [-0.39, 0.29) is 34.6 Å². The maximum absolute atomic E-state index is 11.1. The summed E-state index contributed by atoms with van der Waals surface area (Å²) in [6.07, 6.45) is 0.253. The van der Waals surface area contributed by atoms with Crippen molar-refractivity contribution in [1.82, 2.24) is 5.32 Å². The van der Waals surface area contributed by atoms with Gasteiger partial charge in [0.2, 0.25) is 5.91 Å². The van der Waals surface area contributed by atoms with E-state index in [1.165, 1.54) is 6.07 Å². The van der Waals surface area contributed by atoms with Crippen LogP contribution in [-0.4, -0.2) is 21.0 Å². The lowest BCUT2D eigenvalue weighted by Gasteiger charge is -2.09. The third kappa shape index (κ3) is 3.67. The zero-order chi connectivity index (χ0) is 13.7. The molecule has 1 amide bonds. The number of aromatic hydroxyl groups is 1. The summed E-state index contributed by atoms with van der Waals surface area (Å²) in [6.45, 7) is 1.66. The lowest BCUT2D eigenvalue weighted by Crippen LogP contribution is -2.33. The van der Waals surface area contributed by atoms with E-state index in [1.807, 2.05) is 0 Å². The molecule has 0 bridgehead atoms. The fraction of sp³-hybridized carbons (Fsp3) is 0.200. The number of carbonyl (C=O) groups excluding carboxylic acids is 1. The highest BCUT2D eigenvalue weighted by Gasteiger charge is 2.11. The molecule has 0 saturated heterocycles. The van der Waals surface area contributed by atoms with Crippen LogP contribution in [0.15, 0.2) is 18.2 Å². The SMILES string of the molecule is CCC(=O)NC(=S)Nc1cc([N+](=O)[O-])ccc1O. The van der Waals surface area contributed by atoms with E-state index in [1.54, 1.807) is 6.92 Å². The molecule has 0 aliphatic carbocycles. The Bertz CT molecular complexity index is 504. The van der Waals surface area contributed by atoms with Crippen LogP contribution in [-0.2, 0) is 4.79 Å². The van der Waals surface area contributed by atoms with Crippen molar-refractivity contribution in [3.8, 4) is 5.75 Å². The molecule has 0 spiro atoms. The largest absolute Gasteiger partial charge is 0.506 e. The second-order valence-corrected chi connectivity index (χ2v) is 3.72. The van der Waals surface area contributed by atoms with Crippen molar-refractivity contribution in [1.29, 1.82) is 0 Å². The number of phenols is 1. The van der Waals surface area contributed by atoms with Crippen LogP contribution >= 0.6 is 12.2 Å². The van der Waals surface area contributed by atoms with Crippen molar-refractivity contribution in [2.24, 2.45) is 0 Å². The highest BCUT2D eigenvalue weighted by Crippen LogP contribution is 2.27. The topological polar surface area (TPSA) is 104 Å². The first kappa shape index (κ1) is 13.8. The summed E-state index contributed by atoms with van der Waals surface area (Å²) in [5.74, 6) is -0.494. The number of nitro groups is 1. The van der Waals surface area contributed by atoms with E-state index in [2.05, 4.69) is 10.6 Å². The number of thiocarbonyl (C=S) groups is 1. The van der Waals surface area contributed by atoms with Gasteiger partial charge in [0.05, 0.1) is 10.6 Å². The molecule has 96 valence electrons. The molecule has 1 rings (SSSR count). The van der Waals surface area contributed by atoms with Gasteiger partial charge in [0, 0.05) is 18.6 Å². The Morgan fingerprint density at radius 1 is 1.56 bits per heavy atom. The van der Waals surface area contributed by atoms with Gasteiger partial charge in [-0.25, -0.2) is 0 Å². The minimum absolute atomic E-state index is 0.0300. The molecule has 0 heterocycles. The second-order valence-electron chi connectivity index (χ2n) is 3.31. The summed E-state index contributed by atoms with van der Waals surface area (Å²) >= 11 is 4.82. The molecule has 0 aliphatic heterocycles. The smallest absolute Gasteiger partial charge is 0.271 e. The van der Waals surface area contributed by atoms with Crippen molar-refractivity contribution >= 4 is 34.6 Å². The van der Waals surface area contributed by atoms with Gasteiger partial charge in [0.15, 0.2) is 5.11 Å². The van der Waals surface area contributed by atoms with Crippen LogP contribution in [0, 0.1) is 10.1 Å². The molecule has 18 heavy (non-hydrogen) atoms. The van der Waals surface area contributed by atoms with Gasteiger partial charge in [-0.1, -0.05) is 6.92 Å². The van der Waals surface area contributed by atoms with Gasteiger partial charge in [0.25, 0.3) is 5.69 Å². The first-order chi connectivity index (χ1) is 8.43. The average molecular weight is 269 g/mol. The third-order valence-electron chi connectivity index (χ3n) is 2.01. The van der Waals surface area contributed by atoms with Gasteiger partial charge in [-0.05, 0) is 18.3 Å². The van der Waals surface area contributed by atoms with E-state index in [4.69, 9.17) is 12.2 Å². The second kappa shape index (κ2) is 5.92. The number of carbonyl (C=O) groups is 1. The fourth-order valence-electron chi connectivity index (χ4n) is 1.11. The number of anilines is 1. The van der Waals surface area contributed by atoms with Crippen molar-refractivity contribution in [2.45, 2.75) is 13.3 Å². The summed E-state index contributed by atoms with van der Waals surface area (Å²) in [6, 6.07) is 3.46. The molecule has 7 nitrogen and oxygen atoms in total. The summed E-state index contributed by atoms with van der Waals surface area (Å²) in [5.41, 5.74) is -0.134. The number of nitrogens with zero attached hydrogens (tertiary/aromatic N) is 1. The zero-order valence-electron chi connectivity index (χ0n) is 9.47.